The molecule has 0 heterocycles. The van der Waals surface area contributed by atoms with Gasteiger partial charge in [0.05, 0.1) is 33.9 Å². The standard InChI is InChI=1S/C54H30F10N2/c55-37-27-43(33-9-7-11-35(25-33)53(59,60)61)51(45(57)29-37)65(39-13-3-1-4-14-39)47-23-19-31-18-22-42-48(24-20-32-17-21-41(47)49(31)50(32)42)66(40-15-5-2-6-16-40)52-44(28-38(56)30-46(52)58)34-10-8-12-36(26-34)54(62,63)64/h1-30H. The monoisotopic (exact) mass is 896 g/mol. The molecule has 0 aliphatic carbocycles. The molecule has 326 valence electrons. The Morgan fingerprint density at radius 2 is 0.727 bits per heavy atom. The Kier molecular flexibility index (Phi) is 10.2. The lowest BCUT2D eigenvalue weighted by Crippen LogP contribution is -2.15. The van der Waals surface area contributed by atoms with E-state index in [1.54, 1.807) is 84.9 Å². The molecule has 0 amide bonds. The third kappa shape index (κ3) is 7.37. The molecule has 0 aromatic heterocycles. The van der Waals surface area contributed by atoms with E-state index in [9.17, 15) is 26.3 Å². The average Bonchev–Trinajstić information content (AvgIpc) is 3.30. The average molecular weight is 897 g/mol. The van der Waals surface area contributed by atoms with Crippen LogP contribution in [-0.2, 0) is 12.4 Å². The van der Waals surface area contributed by atoms with Crippen LogP contribution in [0.15, 0.2) is 182 Å². The van der Waals surface area contributed by atoms with Gasteiger partial charge in [-0.3, -0.25) is 0 Å². The molecule has 0 saturated carbocycles. The van der Waals surface area contributed by atoms with E-state index < -0.39 is 46.7 Å². The molecular formula is C54H30F10N2. The molecule has 0 N–H and O–H groups in total. The van der Waals surface area contributed by atoms with Crippen molar-refractivity contribution in [3.8, 4) is 22.3 Å². The fourth-order valence-electron chi connectivity index (χ4n) is 8.84. The highest BCUT2D eigenvalue weighted by Gasteiger charge is 2.33. The summed E-state index contributed by atoms with van der Waals surface area (Å²) < 4.78 is 148. The molecule has 10 aromatic rings. The molecule has 12 heteroatoms. The molecule has 0 bridgehead atoms. The summed E-state index contributed by atoms with van der Waals surface area (Å²) in [5, 5.41) is 3.85. The van der Waals surface area contributed by atoms with Crippen molar-refractivity contribution in [1.82, 2.24) is 0 Å². The summed E-state index contributed by atoms with van der Waals surface area (Å²) in [5.74, 6) is -4.10. The van der Waals surface area contributed by atoms with Crippen molar-refractivity contribution in [2.45, 2.75) is 12.4 Å². The van der Waals surface area contributed by atoms with Gasteiger partial charge >= 0.3 is 12.4 Å². The zero-order valence-electron chi connectivity index (χ0n) is 34.0. The fraction of sp³-hybridized carbons (Fsp3) is 0.0370. The number of benzene rings is 10. The molecule has 10 aromatic carbocycles. The van der Waals surface area contributed by atoms with Gasteiger partial charge in [0.1, 0.15) is 11.6 Å². The van der Waals surface area contributed by atoms with Crippen LogP contribution < -0.4 is 9.80 Å². The Balaban J connectivity index is 1.25. The van der Waals surface area contributed by atoms with Gasteiger partial charge in [-0.25, -0.2) is 17.6 Å². The predicted molar refractivity (Wildman–Crippen MR) is 240 cm³/mol. The molecule has 0 atom stereocenters. The van der Waals surface area contributed by atoms with Crippen molar-refractivity contribution in [2.75, 3.05) is 9.80 Å². The lowest BCUT2D eigenvalue weighted by Gasteiger charge is -2.31. The number of para-hydroxylation sites is 2. The summed E-state index contributed by atoms with van der Waals surface area (Å²) in [6.07, 6.45) is -9.49. The van der Waals surface area contributed by atoms with Crippen molar-refractivity contribution in [2.24, 2.45) is 0 Å². The first-order valence-corrected chi connectivity index (χ1v) is 20.4. The van der Waals surface area contributed by atoms with Crippen LogP contribution in [0.4, 0.5) is 78.0 Å². The lowest BCUT2D eigenvalue weighted by atomic mass is 9.91. The number of halogens is 10. The van der Waals surface area contributed by atoms with E-state index in [4.69, 9.17) is 0 Å². The largest absolute Gasteiger partial charge is 0.416 e. The van der Waals surface area contributed by atoms with Gasteiger partial charge in [0.25, 0.3) is 0 Å². The van der Waals surface area contributed by atoms with Crippen LogP contribution in [0.1, 0.15) is 11.1 Å². The zero-order chi connectivity index (χ0) is 46.1. The fourth-order valence-corrected chi connectivity index (χ4v) is 8.84. The summed E-state index contributed by atoms with van der Waals surface area (Å²) in [4.78, 5) is 3.06. The van der Waals surface area contributed by atoms with E-state index >= 15 is 17.6 Å². The van der Waals surface area contributed by atoms with Gasteiger partial charge in [-0.05, 0) is 105 Å². The second-order valence-electron chi connectivity index (χ2n) is 15.7. The molecule has 0 aliphatic rings. The second kappa shape index (κ2) is 16.0. The molecule has 66 heavy (non-hydrogen) atoms. The number of anilines is 6. The van der Waals surface area contributed by atoms with Crippen molar-refractivity contribution >= 4 is 66.4 Å². The molecule has 0 fully saturated rings. The Bertz CT molecular complexity index is 3230. The molecule has 0 radical (unpaired) electrons. The number of nitrogens with zero attached hydrogens (tertiary/aromatic N) is 2. The molecule has 10 rings (SSSR count). The Hall–Kier alpha value is -7.86. The maximum atomic E-state index is 16.7. The zero-order valence-corrected chi connectivity index (χ0v) is 34.0. The minimum absolute atomic E-state index is 0.0833. The molecule has 2 nitrogen and oxygen atoms in total. The maximum absolute atomic E-state index is 16.7. The van der Waals surface area contributed by atoms with Crippen LogP contribution in [0.25, 0.3) is 54.6 Å². The number of rotatable bonds is 8. The van der Waals surface area contributed by atoms with Gasteiger partial charge in [0.15, 0.2) is 11.6 Å². The van der Waals surface area contributed by atoms with Gasteiger partial charge in [-0.2, -0.15) is 26.3 Å². The van der Waals surface area contributed by atoms with Crippen molar-refractivity contribution in [3.63, 3.8) is 0 Å². The van der Waals surface area contributed by atoms with E-state index in [1.165, 1.54) is 34.1 Å². The van der Waals surface area contributed by atoms with Gasteiger partial charge in [-0.15, -0.1) is 0 Å². The molecule has 0 spiro atoms. The normalized spacial score (nSPS) is 12.1. The molecular weight excluding hydrogens is 867 g/mol. The Labute approximate surface area is 370 Å². The van der Waals surface area contributed by atoms with Crippen molar-refractivity contribution < 1.29 is 43.9 Å². The highest BCUT2D eigenvalue weighted by Crippen LogP contribution is 2.51. The number of hydrogen-bond acceptors (Lipinski definition) is 2. The van der Waals surface area contributed by atoms with Crippen LogP contribution in [-0.4, -0.2) is 0 Å². The van der Waals surface area contributed by atoms with Gasteiger partial charge in [-0.1, -0.05) is 97.1 Å². The third-order valence-corrected chi connectivity index (χ3v) is 11.6. The number of alkyl halides is 6. The molecule has 0 saturated heterocycles. The van der Waals surface area contributed by atoms with Gasteiger partial charge < -0.3 is 9.80 Å². The summed E-state index contributed by atoms with van der Waals surface area (Å²) >= 11 is 0. The number of hydrogen-bond donors (Lipinski definition) is 0. The molecule has 0 aliphatic heterocycles. The summed E-state index contributed by atoms with van der Waals surface area (Å²) in [7, 11) is 0. The van der Waals surface area contributed by atoms with E-state index in [-0.39, 0.29) is 33.6 Å². The Morgan fingerprint density at radius 3 is 1.11 bits per heavy atom. The highest BCUT2D eigenvalue weighted by molar-refractivity contribution is 6.28. The quantitative estimate of drug-likeness (QED) is 0.111. The van der Waals surface area contributed by atoms with Crippen LogP contribution in [0, 0.1) is 23.3 Å². The summed E-state index contributed by atoms with van der Waals surface area (Å²) in [6, 6.07) is 43.2. The highest BCUT2D eigenvalue weighted by atomic mass is 19.4. The third-order valence-electron chi connectivity index (χ3n) is 11.6. The summed E-state index contributed by atoms with van der Waals surface area (Å²) in [6.45, 7) is 0. The van der Waals surface area contributed by atoms with E-state index in [0.717, 1.165) is 47.2 Å². The minimum atomic E-state index is -4.75. The first-order chi connectivity index (χ1) is 31.7. The minimum Gasteiger partial charge on any atom is -0.307 e. The predicted octanol–water partition coefficient (Wildman–Crippen LogP) is 17.5. The smallest absolute Gasteiger partial charge is 0.307 e. The van der Waals surface area contributed by atoms with Crippen LogP contribution in [0.3, 0.4) is 0 Å². The first-order valence-electron chi connectivity index (χ1n) is 20.4. The SMILES string of the molecule is Fc1cc(F)c(N(c2ccccc2)c2ccc3ccc4c(N(c5ccccc5)c5c(F)cc(F)cc5-c5cccc(C(F)(F)F)c5)ccc5ccc2c3c54)c(-c2cccc(C(F)(F)F)c2)c1. The van der Waals surface area contributed by atoms with Crippen LogP contribution in [0.2, 0.25) is 0 Å². The van der Waals surface area contributed by atoms with Crippen molar-refractivity contribution in [1.29, 1.82) is 0 Å². The van der Waals surface area contributed by atoms with Crippen molar-refractivity contribution in [3.05, 3.63) is 216 Å². The van der Waals surface area contributed by atoms with Crippen LogP contribution in [0.5, 0.6) is 0 Å². The first kappa shape index (κ1) is 42.1. The Morgan fingerprint density at radius 1 is 0.348 bits per heavy atom. The van der Waals surface area contributed by atoms with E-state index in [0.29, 0.717) is 56.4 Å². The van der Waals surface area contributed by atoms with E-state index in [2.05, 4.69) is 0 Å². The van der Waals surface area contributed by atoms with Crippen LogP contribution >= 0.6 is 0 Å². The van der Waals surface area contributed by atoms with Gasteiger partial charge in [0.2, 0.25) is 0 Å². The van der Waals surface area contributed by atoms with E-state index in [1.807, 2.05) is 24.3 Å². The second-order valence-corrected chi connectivity index (χ2v) is 15.7. The topological polar surface area (TPSA) is 6.48 Å². The maximum Gasteiger partial charge on any atom is 0.416 e. The molecule has 0 unspecified atom stereocenters. The van der Waals surface area contributed by atoms with Gasteiger partial charge in [0, 0.05) is 45.4 Å². The summed E-state index contributed by atoms with van der Waals surface area (Å²) in [5.41, 5.74) is -1.36. The lowest BCUT2D eigenvalue weighted by molar-refractivity contribution is -0.138.